The fourth-order valence-corrected chi connectivity index (χ4v) is 13.0. The highest BCUT2D eigenvalue weighted by Gasteiger charge is 2.37. The third-order valence-corrected chi connectivity index (χ3v) is 20.0. The van der Waals surface area contributed by atoms with Gasteiger partial charge in [0.05, 0.1) is 103 Å². The molecule has 0 radical (unpaired) electrons. The monoisotopic (exact) mass is 1630 g/mol. The molecule has 30 heteroatoms. The quantitative estimate of drug-likeness (QED) is 0.136. The van der Waals surface area contributed by atoms with Crippen molar-refractivity contribution in [1.82, 2.24) is 148 Å². The molecular weight excluding hydrogens is 1480 g/mol. The smallest absolute Gasteiger partial charge is 0.153 e. The van der Waals surface area contributed by atoms with E-state index in [4.69, 9.17) is 0 Å². The average Bonchev–Trinajstić information content (AvgIpc) is 1.58. The maximum absolute atomic E-state index is 4.50. The van der Waals surface area contributed by atoms with Crippen molar-refractivity contribution in [1.29, 1.82) is 0 Å². The van der Waals surface area contributed by atoms with Crippen molar-refractivity contribution in [3.8, 4) is 0 Å². The third kappa shape index (κ3) is 25.9. The van der Waals surface area contributed by atoms with Crippen molar-refractivity contribution in [3.05, 3.63) is 144 Å². The van der Waals surface area contributed by atoms with Gasteiger partial charge in [-0.2, -0.15) is 25.5 Å². The normalized spacial score (nSPS) is 13.4. The van der Waals surface area contributed by atoms with Gasteiger partial charge in [0.15, 0.2) is 5.82 Å². The first-order chi connectivity index (χ1) is 53.3. The highest BCUT2D eigenvalue weighted by atomic mass is 15.5. The molecule has 3 aliphatic carbocycles. The van der Waals surface area contributed by atoms with Crippen LogP contribution in [-0.2, 0) is 121 Å². The van der Waals surface area contributed by atoms with E-state index in [1.54, 1.807) is 15.7 Å². The molecule has 2 aliphatic heterocycles. The first-order valence-electron chi connectivity index (χ1n) is 41.6. The Kier molecular flexibility index (Phi) is 29.1. The molecule has 16 rings (SSSR count). The van der Waals surface area contributed by atoms with Crippen molar-refractivity contribution in [3.63, 3.8) is 0 Å². The summed E-state index contributed by atoms with van der Waals surface area (Å²) in [4.78, 5) is 8.37. The predicted molar refractivity (Wildman–Crippen MR) is 472 cm³/mol. The highest BCUT2D eigenvalue weighted by Crippen LogP contribution is 2.38. The lowest BCUT2D eigenvalue weighted by Gasteiger charge is -2.21. The van der Waals surface area contributed by atoms with Crippen LogP contribution in [0.5, 0.6) is 0 Å². The first kappa shape index (κ1) is 97.6. The van der Waals surface area contributed by atoms with E-state index < -0.39 is 0 Å². The molecule has 0 bridgehead atoms. The number of aromatic nitrogens is 30. The van der Waals surface area contributed by atoms with Gasteiger partial charge in [0.1, 0.15) is 41.3 Å². The van der Waals surface area contributed by atoms with Gasteiger partial charge in [0, 0.05) is 108 Å². The van der Waals surface area contributed by atoms with Gasteiger partial charge in [-0.05, 0) is 179 Å². The number of aryl methyl sites for hydroxylation is 9. The zero-order chi connectivity index (χ0) is 90.4. The summed E-state index contributed by atoms with van der Waals surface area (Å²) < 4.78 is 21.9. The first-order valence-corrected chi connectivity index (χ1v) is 41.6. The maximum atomic E-state index is 4.50. The topological polar surface area (TPSA) is 299 Å². The summed E-state index contributed by atoms with van der Waals surface area (Å²) in [5.74, 6) is 7.09. The Morgan fingerprint density at radius 1 is 0.314 bits per heavy atom. The average molecular weight is 1630 g/mol. The summed E-state index contributed by atoms with van der Waals surface area (Å²) in [5.41, 5.74) is 22.7. The largest absolute Gasteiger partial charge is 0.318 e. The van der Waals surface area contributed by atoms with Gasteiger partial charge in [0.2, 0.25) is 0 Å². The molecule has 0 saturated heterocycles. The number of nitrogens with zero attached hydrogens (tertiary/aromatic N) is 30. The maximum Gasteiger partial charge on any atom is 0.153 e. The molecule has 13 heterocycles. The predicted octanol–water partition coefficient (Wildman–Crippen LogP) is 16.1. The Balaban J connectivity index is 0.000000202. The van der Waals surface area contributed by atoms with Crippen molar-refractivity contribution in [2.45, 2.75) is 390 Å². The van der Waals surface area contributed by atoms with Crippen LogP contribution < -0.4 is 0 Å². The molecule has 0 unspecified atom stereocenters. The van der Waals surface area contributed by atoms with E-state index in [0.717, 1.165) is 94.4 Å². The molecule has 0 saturated carbocycles. The van der Waals surface area contributed by atoms with Crippen LogP contribution in [0.25, 0.3) is 0 Å². The van der Waals surface area contributed by atoms with Crippen LogP contribution in [0.1, 0.15) is 366 Å². The third-order valence-electron chi connectivity index (χ3n) is 20.0. The fourth-order valence-electron chi connectivity index (χ4n) is 13.0. The van der Waals surface area contributed by atoms with Gasteiger partial charge < -0.3 is 9.13 Å². The van der Waals surface area contributed by atoms with Gasteiger partial charge in [-0.15, -0.1) is 40.8 Å². The van der Waals surface area contributed by atoms with Crippen molar-refractivity contribution in [2.75, 3.05) is 0 Å². The Labute approximate surface area is 706 Å². The Morgan fingerprint density at radius 3 is 0.992 bits per heavy atom. The summed E-state index contributed by atoms with van der Waals surface area (Å²) >= 11 is 0. The van der Waals surface area contributed by atoms with E-state index in [9.17, 15) is 0 Å². The summed E-state index contributed by atoms with van der Waals surface area (Å²) in [5, 5.41) is 70.0. The van der Waals surface area contributed by atoms with E-state index >= 15 is 0 Å². The van der Waals surface area contributed by atoms with Crippen molar-refractivity contribution < 1.29 is 0 Å². The number of fused-ring (bicyclic) bond motifs is 5. The summed E-state index contributed by atoms with van der Waals surface area (Å²) in [6, 6.07) is 0. The van der Waals surface area contributed by atoms with Crippen LogP contribution in [0, 0.1) is 69.2 Å². The lowest BCUT2D eigenvalue weighted by Crippen LogP contribution is -2.24. The van der Waals surface area contributed by atoms with Crippen molar-refractivity contribution >= 4 is 0 Å². The Bertz CT molecular complexity index is 4700. The number of hydrogen-bond acceptors (Lipinski definition) is 19. The van der Waals surface area contributed by atoms with E-state index in [0.29, 0.717) is 0 Å². The lowest BCUT2D eigenvalue weighted by molar-refractivity contribution is 0.339. The van der Waals surface area contributed by atoms with Crippen LogP contribution in [0.15, 0.2) is 6.33 Å². The summed E-state index contributed by atoms with van der Waals surface area (Å²) in [7, 11) is 7.85. The Hall–Kier alpha value is -9.25. The van der Waals surface area contributed by atoms with Crippen LogP contribution in [-0.4, -0.2) is 148 Å². The molecule has 11 aromatic heterocycles. The van der Waals surface area contributed by atoms with Crippen LogP contribution in [0.3, 0.4) is 0 Å². The molecule has 118 heavy (non-hydrogen) atoms. The SMILES string of the molecule is CC(C)(C)c1nnc2n1C2.CC(C)(C)c1nnn2c1C2.CC(C)(C)n1nnc2c1C2.Cc1c(C(C)(C)C)nnn1C.Cc1nc(C)n(C(C)(C)C)n1.Cc1nn(C(C)(C)C)c(C)c1C.Cc1nn(C(C)(C)C)c2c1C2.Cc1nnc(C(C)(C)C)n1C.Cc1nnn(C(C)(C)C)c1C.Cn1nc(C(C)(C)C)c2c1C2.Cn1ncnc1C(C)(C)C. The second-order valence-corrected chi connectivity index (χ2v) is 43.1. The molecule has 654 valence electrons. The Morgan fingerprint density at radius 2 is 0.805 bits per heavy atom. The van der Waals surface area contributed by atoms with Gasteiger partial charge in [0.25, 0.3) is 0 Å². The van der Waals surface area contributed by atoms with Gasteiger partial charge in [-0.3, -0.25) is 23.4 Å². The second kappa shape index (κ2) is 35.2. The zero-order valence-corrected chi connectivity index (χ0v) is 82.0. The summed E-state index contributed by atoms with van der Waals surface area (Å²) in [6.07, 6.45) is 4.99. The lowest BCUT2D eigenvalue weighted by atomic mass is 9.91. The molecular formula is C88H152N30. The summed E-state index contributed by atoms with van der Waals surface area (Å²) in [6.45, 7) is 93.4. The zero-order valence-electron chi connectivity index (χ0n) is 82.0. The van der Waals surface area contributed by atoms with E-state index in [2.05, 4.69) is 367 Å². The van der Waals surface area contributed by atoms with Crippen LogP contribution in [0.2, 0.25) is 0 Å². The molecule has 0 amide bonds. The van der Waals surface area contributed by atoms with Crippen LogP contribution in [0.4, 0.5) is 0 Å². The standard InChI is InChI=1S/C10H18N2.2C9H14N2.4C8H15N3.3C7H11N3.C7H13N3/c1-7-8(2)11-12(9(7)3)10(4,5)6;1-9(2,3)8-6-5-7(6)11(4)10-8;1-6-7-5-8(7)11(10-6)9(2,3)4;1-6-9-10-7(11(6)5)8(2,3)4;1-6-7(8(2,3)4)9-10-11(6)5;1-6-9-7(2)11(10-6)8(3,4)5;1-6-7(2)11(10-9-6)8(3,4)5;1-7(2,3)6-9-8-5-4-10(5)6;1-7(2,3)6-5-4-10(5)9-8-6;1-7(2,3)10-6-4-5(6)8-9-10;1-7(2,3)6-8-5-9-10(6)4/h1-6H3;2*5H2,1-4H3;4*1-5H3;3*4H2,1-3H3;5H,1-4H3. The minimum absolute atomic E-state index is 0.0470. The van der Waals surface area contributed by atoms with Gasteiger partial charge in [-0.1, -0.05) is 145 Å². The van der Waals surface area contributed by atoms with Crippen molar-refractivity contribution in [2.24, 2.45) is 28.2 Å². The minimum atomic E-state index is 0.0470. The molecule has 0 spiro atoms. The van der Waals surface area contributed by atoms with E-state index in [1.807, 2.05) is 97.7 Å². The minimum Gasteiger partial charge on any atom is -0.318 e. The fraction of sp³-hybridized carbons (Fsp3) is 0.716. The van der Waals surface area contributed by atoms with Gasteiger partial charge >= 0.3 is 0 Å². The van der Waals surface area contributed by atoms with Gasteiger partial charge in [-0.25, -0.2) is 28.7 Å². The molecule has 0 atom stereocenters. The molecule has 5 aliphatic rings. The highest BCUT2D eigenvalue weighted by molar-refractivity contribution is 5.46. The molecule has 0 aromatic carbocycles. The molecule has 30 nitrogen and oxygen atoms in total. The van der Waals surface area contributed by atoms with E-state index in [-0.39, 0.29) is 60.2 Å². The molecule has 0 fully saturated rings. The van der Waals surface area contributed by atoms with Crippen LogP contribution >= 0.6 is 0 Å². The molecule has 0 N–H and O–H groups in total. The molecule has 11 aromatic rings. The second-order valence-electron chi connectivity index (χ2n) is 43.1. The van der Waals surface area contributed by atoms with E-state index in [1.165, 1.54) is 75.1 Å². The number of rotatable bonds is 0. The number of hydrogen-bond donors (Lipinski definition) is 0.